The molecule has 0 saturated heterocycles. The van der Waals surface area contributed by atoms with Crippen LogP contribution in [0.5, 0.6) is 5.75 Å². The summed E-state index contributed by atoms with van der Waals surface area (Å²) in [4.78, 5) is 17.2. The lowest BCUT2D eigenvalue weighted by atomic mass is 9.99. The van der Waals surface area contributed by atoms with E-state index in [0.29, 0.717) is 5.41 Å². The van der Waals surface area contributed by atoms with Crippen molar-refractivity contribution in [3.05, 3.63) is 59.0 Å². The predicted octanol–water partition coefficient (Wildman–Crippen LogP) is 7.04. The number of benzene rings is 2. The number of hydrogen-bond acceptors (Lipinski definition) is 4. The van der Waals surface area contributed by atoms with Gasteiger partial charge >= 0.3 is 5.97 Å². The number of aryl methyl sites for hydroxylation is 1. The Kier molecular flexibility index (Phi) is 7.16. The van der Waals surface area contributed by atoms with Crippen LogP contribution in [0.1, 0.15) is 57.4 Å². The predicted molar refractivity (Wildman–Crippen MR) is 128 cm³/mol. The van der Waals surface area contributed by atoms with Gasteiger partial charge in [-0.25, -0.2) is 4.98 Å². The first kappa shape index (κ1) is 23.0. The summed E-state index contributed by atoms with van der Waals surface area (Å²) >= 11 is 1.46. The van der Waals surface area contributed by atoms with E-state index in [0.717, 1.165) is 57.5 Å². The van der Waals surface area contributed by atoms with Crippen LogP contribution in [0.15, 0.2) is 48.5 Å². The molecular formula is C26H31NO3S. The molecule has 1 aromatic heterocycles. The van der Waals surface area contributed by atoms with E-state index in [1.807, 2.05) is 42.5 Å². The number of rotatable bonds is 4. The van der Waals surface area contributed by atoms with Gasteiger partial charge in [0.2, 0.25) is 0 Å². The quantitative estimate of drug-likeness (QED) is 0.475. The van der Waals surface area contributed by atoms with Gasteiger partial charge in [-0.1, -0.05) is 58.0 Å². The second kappa shape index (κ2) is 9.65. The second-order valence-corrected chi connectivity index (χ2v) is 10.5. The van der Waals surface area contributed by atoms with E-state index in [1.54, 1.807) is 6.92 Å². The zero-order valence-corrected chi connectivity index (χ0v) is 19.8. The van der Waals surface area contributed by atoms with Crippen LogP contribution in [0.4, 0.5) is 0 Å². The number of ether oxygens (including phenoxy) is 1. The summed E-state index contributed by atoms with van der Waals surface area (Å²) in [6.45, 7) is 11.2. The molecule has 1 unspecified atom stereocenters. The Morgan fingerprint density at radius 1 is 1.10 bits per heavy atom. The highest BCUT2D eigenvalue weighted by Crippen LogP contribution is 2.40. The van der Waals surface area contributed by atoms with Gasteiger partial charge in [-0.2, -0.15) is 0 Å². The van der Waals surface area contributed by atoms with Gasteiger partial charge in [0.05, 0.1) is 18.2 Å². The number of aliphatic carboxylic acids is 1. The number of aromatic nitrogens is 1. The van der Waals surface area contributed by atoms with Crippen molar-refractivity contribution in [2.24, 2.45) is 5.41 Å². The highest BCUT2D eigenvalue weighted by atomic mass is 32.1. The van der Waals surface area contributed by atoms with Gasteiger partial charge in [-0.15, -0.1) is 11.3 Å². The van der Waals surface area contributed by atoms with Crippen LogP contribution in [-0.4, -0.2) is 22.7 Å². The summed E-state index contributed by atoms with van der Waals surface area (Å²) in [6.07, 6.45) is 1.98. The van der Waals surface area contributed by atoms with Gasteiger partial charge in [0, 0.05) is 16.0 Å². The number of hydrogen-bond donors (Lipinski definition) is 1. The Hall–Kier alpha value is -2.66. The van der Waals surface area contributed by atoms with E-state index in [9.17, 15) is 9.90 Å². The van der Waals surface area contributed by atoms with E-state index in [4.69, 9.17) is 9.72 Å². The van der Waals surface area contributed by atoms with Crippen LogP contribution in [0.2, 0.25) is 0 Å². The highest BCUT2D eigenvalue weighted by molar-refractivity contribution is 7.15. The first-order chi connectivity index (χ1) is 14.6. The molecule has 0 saturated carbocycles. The molecule has 4 rings (SSSR count). The fraction of sp³-hybridized carbons (Fsp3) is 0.385. The Balaban J connectivity index is 0.000000491. The molecule has 0 amide bonds. The van der Waals surface area contributed by atoms with Crippen LogP contribution in [0.3, 0.4) is 0 Å². The number of fused-ring (bicyclic) bond motifs is 1. The molecule has 0 bridgehead atoms. The maximum Gasteiger partial charge on any atom is 0.311 e. The van der Waals surface area contributed by atoms with E-state index in [-0.39, 0.29) is 0 Å². The number of carboxylic acid groups (broad SMARTS) is 1. The minimum Gasteiger partial charge on any atom is -0.493 e. The monoisotopic (exact) mass is 437 g/mol. The Labute approximate surface area is 188 Å². The van der Waals surface area contributed by atoms with E-state index in [2.05, 4.69) is 33.8 Å². The second-order valence-electron chi connectivity index (χ2n) is 9.43. The summed E-state index contributed by atoms with van der Waals surface area (Å²) in [5.74, 6) is -0.519. The molecule has 1 aliphatic heterocycles. The smallest absolute Gasteiger partial charge is 0.311 e. The molecule has 0 fully saturated rings. The van der Waals surface area contributed by atoms with Crippen molar-refractivity contribution in [2.75, 3.05) is 6.61 Å². The summed E-state index contributed by atoms with van der Waals surface area (Å²) in [6, 6.07) is 15.9. The molecular weight excluding hydrogens is 406 g/mol. The number of carboxylic acids is 1. The molecule has 0 spiro atoms. The van der Waals surface area contributed by atoms with Gasteiger partial charge in [0.25, 0.3) is 0 Å². The summed E-state index contributed by atoms with van der Waals surface area (Å²) in [5, 5.41) is 10.4. The largest absolute Gasteiger partial charge is 0.493 e. The molecule has 5 heteroatoms. The molecule has 1 atom stereocenters. The van der Waals surface area contributed by atoms with E-state index < -0.39 is 11.9 Å². The molecule has 31 heavy (non-hydrogen) atoms. The number of nitrogens with zero attached hydrogens (tertiary/aromatic N) is 1. The standard InChI is InChI=1S/C21H19NO3S.C5H12/c1-13(21(23)24)19-18(22-20(26-19)14-6-3-2-4-7-14)16-9-10-17-15(12-16)8-5-11-25-17;1-5(2,3)4/h2-4,6-7,9-10,12-13H,5,8,11H2,1H3,(H,23,24);1-4H3. The van der Waals surface area contributed by atoms with Gasteiger partial charge in [-0.05, 0) is 48.9 Å². The Morgan fingerprint density at radius 2 is 1.77 bits per heavy atom. The van der Waals surface area contributed by atoms with Crippen LogP contribution in [-0.2, 0) is 11.2 Å². The van der Waals surface area contributed by atoms with Crippen molar-refractivity contribution < 1.29 is 14.6 Å². The summed E-state index contributed by atoms with van der Waals surface area (Å²) < 4.78 is 5.69. The van der Waals surface area contributed by atoms with Crippen LogP contribution in [0.25, 0.3) is 21.8 Å². The van der Waals surface area contributed by atoms with Crippen molar-refractivity contribution in [1.82, 2.24) is 4.98 Å². The van der Waals surface area contributed by atoms with Crippen molar-refractivity contribution in [2.45, 2.75) is 53.4 Å². The summed E-state index contributed by atoms with van der Waals surface area (Å²) in [7, 11) is 0. The average Bonchev–Trinajstić information content (AvgIpc) is 3.17. The average molecular weight is 438 g/mol. The Morgan fingerprint density at radius 3 is 2.42 bits per heavy atom. The normalized spacial score (nSPS) is 14.0. The van der Waals surface area contributed by atoms with Crippen LogP contribution >= 0.6 is 11.3 Å². The maximum atomic E-state index is 11.6. The minimum absolute atomic E-state index is 0.500. The number of thiazole rings is 1. The van der Waals surface area contributed by atoms with Crippen molar-refractivity contribution >= 4 is 17.3 Å². The van der Waals surface area contributed by atoms with Crippen molar-refractivity contribution in [3.63, 3.8) is 0 Å². The molecule has 2 heterocycles. The lowest BCUT2D eigenvalue weighted by molar-refractivity contribution is -0.138. The van der Waals surface area contributed by atoms with E-state index in [1.165, 1.54) is 11.3 Å². The third-order valence-electron chi connectivity index (χ3n) is 4.62. The minimum atomic E-state index is -0.837. The van der Waals surface area contributed by atoms with Crippen molar-refractivity contribution in [1.29, 1.82) is 0 Å². The van der Waals surface area contributed by atoms with Crippen molar-refractivity contribution in [3.8, 4) is 27.6 Å². The van der Waals surface area contributed by atoms with Gasteiger partial charge in [-0.3, -0.25) is 4.79 Å². The Bertz CT molecular complexity index is 1030. The zero-order chi connectivity index (χ0) is 22.6. The third-order valence-corrected chi connectivity index (χ3v) is 5.91. The first-order valence-corrected chi connectivity index (χ1v) is 11.5. The molecule has 164 valence electrons. The van der Waals surface area contributed by atoms with Crippen LogP contribution < -0.4 is 4.74 Å². The zero-order valence-electron chi connectivity index (χ0n) is 18.9. The maximum absolute atomic E-state index is 11.6. The topological polar surface area (TPSA) is 59.4 Å². The molecule has 1 aliphatic rings. The molecule has 0 radical (unpaired) electrons. The fourth-order valence-electron chi connectivity index (χ4n) is 3.16. The summed E-state index contributed by atoms with van der Waals surface area (Å²) in [5.41, 5.74) is 4.38. The van der Waals surface area contributed by atoms with E-state index >= 15 is 0 Å². The molecule has 4 nitrogen and oxygen atoms in total. The molecule has 0 aliphatic carbocycles. The molecule has 2 aromatic carbocycles. The molecule has 3 aromatic rings. The lowest BCUT2D eigenvalue weighted by Gasteiger charge is -2.18. The third kappa shape index (κ3) is 6.17. The lowest BCUT2D eigenvalue weighted by Crippen LogP contribution is -2.09. The van der Waals surface area contributed by atoms with Gasteiger partial charge in [0.1, 0.15) is 10.8 Å². The molecule has 1 N–H and O–H groups in total. The first-order valence-electron chi connectivity index (χ1n) is 10.7. The fourth-order valence-corrected chi connectivity index (χ4v) is 4.29. The van der Waals surface area contributed by atoms with Gasteiger partial charge in [0.15, 0.2) is 0 Å². The SMILES string of the molecule is CC(C(=O)O)c1sc(-c2ccccc2)nc1-c1ccc2c(c1)CCCO2.CC(C)(C)C. The van der Waals surface area contributed by atoms with Crippen LogP contribution in [0, 0.1) is 5.41 Å². The van der Waals surface area contributed by atoms with Gasteiger partial charge < -0.3 is 9.84 Å². The highest BCUT2D eigenvalue weighted by Gasteiger charge is 2.24. The number of carbonyl (C=O) groups is 1.